The van der Waals surface area contributed by atoms with Crippen molar-refractivity contribution in [2.75, 3.05) is 29.6 Å². The van der Waals surface area contributed by atoms with E-state index in [0.717, 1.165) is 17.5 Å². The van der Waals surface area contributed by atoms with Crippen molar-refractivity contribution in [3.8, 4) is 5.69 Å². The largest absolute Gasteiger partial charge is 0.453 e. The van der Waals surface area contributed by atoms with Crippen LogP contribution in [0.4, 0.5) is 36.1 Å². The average molecular weight is 487 g/mol. The number of hydrogen-bond donors (Lipinski definition) is 3. The molecule has 35 heavy (non-hydrogen) atoms. The summed E-state index contributed by atoms with van der Waals surface area (Å²) in [5, 5.41) is 19.9. The molecule has 182 valence electrons. The fourth-order valence-corrected chi connectivity index (χ4v) is 3.81. The number of benzene rings is 1. The van der Waals surface area contributed by atoms with Gasteiger partial charge in [-0.05, 0) is 25.0 Å². The van der Waals surface area contributed by atoms with Crippen LogP contribution in [0.15, 0.2) is 24.3 Å². The minimum atomic E-state index is -4.68. The molecule has 2 aliphatic rings. The Balaban J connectivity index is 1.55. The third-order valence-electron chi connectivity index (χ3n) is 5.64. The molecule has 1 aromatic carbocycles. The lowest BCUT2D eigenvalue weighted by Gasteiger charge is -2.29. The molecule has 0 saturated heterocycles. The van der Waals surface area contributed by atoms with Crippen molar-refractivity contribution in [3.05, 3.63) is 41.6 Å². The Bertz CT molecular complexity index is 1330. The van der Waals surface area contributed by atoms with Gasteiger partial charge in [-0.15, -0.1) is 15.3 Å². The minimum Gasteiger partial charge on any atom is -0.364 e. The van der Waals surface area contributed by atoms with Crippen LogP contribution in [0.5, 0.6) is 0 Å². The number of fused-ring (bicyclic) bond motifs is 3. The number of nitrogens with zero attached hydrogens (tertiary/aromatic N) is 6. The topological polar surface area (TPSA) is 130 Å². The zero-order chi connectivity index (χ0) is 24.9. The molecule has 0 bridgehead atoms. The maximum Gasteiger partial charge on any atom is 0.453 e. The van der Waals surface area contributed by atoms with E-state index in [0.29, 0.717) is 17.1 Å². The van der Waals surface area contributed by atoms with Crippen molar-refractivity contribution in [2.45, 2.75) is 25.6 Å². The summed E-state index contributed by atoms with van der Waals surface area (Å²) >= 11 is 0. The number of anilines is 4. The molecule has 3 N–H and O–H groups in total. The lowest BCUT2D eigenvalue weighted by molar-refractivity contribution is -0.144. The van der Waals surface area contributed by atoms with Gasteiger partial charge in [0.1, 0.15) is 0 Å². The summed E-state index contributed by atoms with van der Waals surface area (Å²) in [4.78, 5) is 29.9. The molecule has 3 aromatic rings. The van der Waals surface area contributed by atoms with Gasteiger partial charge in [-0.2, -0.15) is 13.2 Å². The Morgan fingerprint density at radius 1 is 1.14 bits per heavy atom. The minimum absolute atomic E-state index is 0.0196. The zero-order valence-corrected chi connectivity index (χ0v) is 18.6. The van der Waals surface area contributed by atoms with Crippen LogP contribution >= 0.6 is 0 Å². The summed E-state index contributed by atoms with van der Waals surface area (Å²) < 4.78 is 40.8. The summed E-state index contributed by atoms with van der Waals surface area (Å²) in [6.07, 6.45) is -3.06. The van der Waals surface area contributed by atoms with E-state index in [1.54, 1.807) is 30.1 Å². The van der Waals surface area contributed by atoms with E-state index in [1.165, 1.54) is 13.1 Å². The second-order valence-electron chi connectivity index (χ2n) is 8.25. The number of nitrogens with one attached hydrogen (secondary N) is 3. The van der Waals surface area contributed by atoms with Gasteiger partial charge in [0, 0.05) is 26.1 Å². The normalized spacial score (nSPS) is 14.7. The number of para-hydroxylation sites is 1. The van der Waals surface area contributed by atoms with Gasteiger partial charge in [0.2, 0.25) is 5.91 Å². The monoisotopic (exact) mass is 487 g/mol. The zero-order valence-electron chi connectivity index (χ0n) is 18.6. The molecular formula is C21H20F3N9O2. The molecule has 1 aliphatic carbocycles. The molecule has 0 unspecified atom stereocenters. The summed E-state index contributed by atoms with van der Waals surface area (Å²) in [6.45, 7) is 0.0777. The van der Waals surface area contributed by atoms with Crippen molar-refractivity contribution in [1.29, 1.82) is 0 Å². The summed E-state index contributed by atoms with van der Waals surface area (Å²) in [5.41, 5.74) is 1.65. The molecule has 5 rings (SSSR count). The number of carbonyl (C=O) groups is 2. The molecule has 11 nitrogen and oxygen atoms in total. The Labute approximate surface area is 196 Å². The number of aromatic nitrogens is 5. The molecule has 2 aromatic heterocycles. The number of halogens is 3. The van der Waals surface area contributed by atoms with Crippen LogP contribution in [0.1, 0.15) is 35.0 Å². The lowest BCUT2D eigenvalue weighted by atomic mass is 10.1. The Hall–Kier alpha value is -4.23. The van der Waals surface area contributed by atoms with Gasteiger partial charge in [0.15, 0.2) is 17.3 Å². The van der Waals surface area contributed by atoms with Gasteiger partial charge in [-0.1, -0.05) is 6.07 Å². The molecule has 2 amide bonds. The van der Waals surface area contributed by atoms with Crippen molar-refractivity contribution >= 4 is 34.7 Å². The maximum atomic E-state index is 13.2. The highest BCUT2D eigenvalue weighted by Crippen LogP contribution is 2.39. The number of carbonyl (C=O) groups excluding carboxylic acids is 2. The fraction of sp³-hybridized carbons (Fsp3) is 0.333. The number of amides is 2. The molecule has 0 spiro atoms. The van der Waals surface area contributed by atoms with Crippen molar-refractivity contribution < 1.29 is 22.8 Å². The van der Waals surface area contributed by atoms with E-state index in [4.69, 9.17) is 0 Å². The first-order chi connectivity index (χ1) is 16.7. The van der Waals surface area contributed by atoms with E-state index >= 15 is 0 Å². The number of rotatable bonds is 5. The second-order valence-corrected chi connectivity index (χ2v) is 8.25. The van der Waals surface area contributed by atoms with E-state index in [9.17, 15) is 22.8 Å². The highest BCUT2D eigenvalue weighted by molar-refractivity contribution is 6.00. The van der Waals surface area contributed by atoms with Crippen LogP contribution < -0.4 is 20.9 Å². The van der Waals surface area contributed by atoms with Gasteiger partial charge in [0.05, 0.1) is 29.3 Å². The molecular weight excluding hydrogens is 467 g/mol. The molecule has 3 heterocycles. The van der Waals surface area contributed by atoms with Crippen molar-refractivity contribution in [2.24, 2.45) is 5.92 Å². The standard InChI is InChI=1S/C21H20F3N9O2/c1-25-19(35)16-12(8-14(29-30-16)27-18(34)10-6-7-10)26-11-4-3-5-13-17(11)32(2)9-15-28-20(21(22,23)24)31-33(13)15/h3-5,8,10H,6-7,9H2,1-2H3,(H,25,35)(H2,26,27,29,34). The van der Waals surface area contributed by atoms with Crippen LogP contribution in [0.25, 0.3) is 5.69 Å². The van der Waals surface area contributed by atoms with Crippen LogP contribution in [-0.4, -0.2) is 50.9 Å². The van der Waals surface area contributed by atoms with E-state index in [-0.39, 0.29) is 41.4 Å². The first kappa shape index (κ1) is 22.6. The molecule has 14 heteroatoms. The third-order valence-corrected chi connectivity index (χ3v) is 5.64. The van der Waals surface area contributed by atoms with E-state index < -0.39 is 17.9 Å². The average Bonchev–Trinajstić information content (AvgIpc) is 3.57. The highest BCUT2D eigenvalue weighted by Gasteiger charge is 2.39. The Morgan fingerprint density at radius 2 is 1.91 bits per heavy atom. The van der Waals surface area contributed by atoms with Crippen LogP contribution in [-0.2, 0) is 17.5 Å². The maximum absolute atomic E-state index is 13.2. The van der Waals surface area contributed by atoms with E-state index in [2.05, 4.69) is 36.2 Å². The van der Waals surface area contributed by atoms with Crippen molar-refractivity contribution in [1.82, 2.24) is 30.3 Å². The molecule has 1 fully saturated rings. The number of hydrogen-bond acceptors (Lipinski definition) is 8. The summed E-state index contributed by atoms with van der Waals surface area (Å²) in [7, 11) is 3.15. The molecule has 1 aliphatic heterocycles. The lowest BCUT2D eigenvalue weighted by Crippen LogP contribution is -2.27. The molecule has 1 saturated carbocycles. The highest BCUT2D eigenvalue weighted by atomic mass is 19.4. The molecule has 0 atom stereocenters. The van der Waals surface area contributed by atoms with Gasteiger partial charge >= 0.3 is 6.18 Å². The van der Waals surface area contributed by atoms with Gasteiger partial charge in [-0.25, -0.2) is 9.67 Å². The quantitative estimate of drug-likeness (QED) is 0.501. The van der Waals surface area contributed by atoms with Gasteiger partial charge in [-0.3, -0.25) is 9.59 Å². The first-order valence-electron chi connectivity index (χ1n) is 10.7. The Kier molecular flexibility index (Phi) is 5.29. The van der Waals surface area contributed by atoms with E-state index in [1.807, 2.05) is 0 Å². The van der Waals surface area contributed by atoms with Crippen LogP contribution in [0.3, 0.4) is 0 Å². The number of alkyl halides is 3. The third kappa shape index (κ3) is 4.22. The van der Waals surface area contributed by atoms with Gasteiger partial charge in [0.25, 0.3) is 11.7 Å². The smallest absolute Gasteiger partial charge is 0.364 e. The fourth-order valence-electron chi connectivity index (χ4n) is 3.81. The second kappa shape index (κ2) is 8.21. The predicted molar refractivity (Wildman–Crippen MR) is 119 cm³/mol. The predicted octanol–water partition coefficient (Wildman–Crippen LogP) is 2.48. The summed E-state index contributed by atoms with van der Waals surface area (Å²) in [5.74, 6) is -1.64. The van der Waals surface area contributed by atoms with Crippen LogP contribution in [0.2, 0.25) is 0 Å². The van der Waals surface area contributed by atoms with Crippen LogP contribution in [0, 0.1) is 5.92 Å². The van der Waals surface area contributed by atoms with Crippen molar-refractivity contribution in [3.63, 3.8) is 0 Å². The molecule has 0 radical (unpaired) electrons. The first-order valence-corrected chi connectivity index (χ1v) is 10.7. The SMILES string of the molecule is CNC(=O)c1nnc(NC(=O)C2CC2)cc1Nc1cccc2c1N(C)Cc1nc(C(F)(F)F)nn1-2. The summed E-state index contributed by atoms with van der Waals surface area (Å²) in [6, 6.07) is 6.46. The Morgan fingerprint density at radius 3 is 2.60 bits per heavy atom. The van der Waals surface area contributed by atoms with Gasteiger partial charge < -0.3 is 20.9 Å².